The minimum atomic E-state index is -0.206. The molecule has 0 bridgehead atoms. The van der Waals surface area contributed by atoms with Crippen LogP contribution in [-0.2, 0) is 15.9 Å². The van der Waals surface area contributed by atoms with E-state index in [1.54, 1.807) is 12.1 Å². The molecule has 1 heterocycles. The van der Waals surface area contributed by atoms with Crippen molar-refractivity contribution in [2.45, 2.75) is 25.6 Å². The standard InChI is InChI=1S/C18H19FO2/c19-17-9-7-16(8-10-17)15-5-2-14(3-6-15)4-11-18-20-12-1-13-21-18/h2-3,5-10,18H,1,4,11-13H2. The van der Waals surface area contributed by atoms with Crippen molar-refractivity contribution in [1.82, 2.24) is 0 Å². The first-order valence-electron chi connectivity index (χ1n) is 7.39. The summed E-state index contributed by atoms with van der Waals surface area (Å²) >= 11 is 0. The molecular weight excluding hydrogens is 267 g/mol. The zero-order chi connectivity index (χ0) is 14.5. The minimum absolute atomic E-state index is 0.0597. The first-order valence-corrected chi connectivity index (χ1v) is 7.39. The van der Waals surface area contributed by atoms with Gasteiger partial charge >= 0.3 is 0 Å². The molecule has 0 saturated carbocycles. The van der Waals surface area contributed by atoms with Crippen LogP contribution in [0.2, 0.25) is 0 Å². The lowest BCUT2D eigenvalue weighted by molar-refractivity contribution is -0.180. The van der Waals surface area contributed by atoms with Crippen LogP contribution in [0.1, 0.15) is 18.4 Å². The summed E-state index contributed by atoms with van der Waals surface area (Å²) in [7, 11) is 0. The molecule has 1 saturated heterocycles. The van der Waals surface area contributed by atoms with Crippen LogP contribution >= 0.6 is 0 Å². The third-order valence-electron chi connectivity index (χ3n) is 3.70. The van der Waals surface area contributed by atoms with Crippen LogP contribution in [0.5, 0.6) is 0 Å². The molecule has 1 fully saturated rings. The molecule has 0 aromatic heterocycles. The highest BCUT2D eigenvalue weighted by atomic mass is 19.1. The van der Waals surface area contributed by atoms with Crippen molar-refractivity contribution in [3.63, 3.8) is 0 Å². The normalized spacial score (nSPS) is 16.0. The van der Waals surface area contributed by atoms with E-state index in [-0.39, 0.29) is 12.1 Å². The molecule has 3 heteroatoms. The molecule has 0 aliphatic carbocycles. The molecule has 0 atom stereocenters. The first kappa shape index (κ1) is 14.2. The van der Waals surface area contributed by atoms with Gasteiger partial charge in [-0.3, -0.25) is 0 Å². The summed E-state index contributed by atoms with van der Waals surface area (Å²) in [5.41, 5.74) is 3.39. The van der Waals surface area contributed by atoms with E-state index in [9.17, 15) is 4.39 Å². The molecular formula is C18H19FO2. The number of halogens is 1. The molecule has 0 radical (unpaired) electrons. The molecule has 2 aromatic rings. The summed E-state index contributed by atoms with van der Waals surface area (Å²) in [6.45, 7) is 1.60. The van der Waals surface area contributed by atoms with Gasteiger partial charge in [0, 0.05) is 6.42 Å². The third kappa shape index (κ3) is 3.90. The van der Waals surface area contributed by atoms with E-state index in [0.29, 0.717) is 0 Å². The van der Waals surface area contributed by atoms with Gasteiger partial charge in [0.15, 0.2) is 6.29 Å². The predicted molar refractivity (Wildman–Crippen MR) is 80.5 cm³/mol. The molecule has 0 amide bonds. The second kappa shape index (κ2) is 6.83. The van der Waals surface area contributed by atoms with Gasteiger partial charge in [-0.2, -0.15) is 0 Å². The van der Waals surface area contributed by atoms with Crippen molar-refractivity contribution in [3.05, 3.63) is 59.9 Å². The number of aryl methyl sites for hydroxylation is 1. The summed E-state index contributed by atoms with van der Waals surface area (Å²) in [6.07, 6.45) is 2.75. The third-order valence-corrected chi connectivity index (χ3v) is 3.70. The van der Waals surface area contributed by atoms with Crippen LogP contribution in [-0.4, -0.2) is 19.5 Å². The molecule has 0 spiro atoms. The molecule has 0 N–H and O–H groups in total. The smallest absolute Gasteiger partial charge is 0.157 e. The highest BCUT2D eigenvalue weighted by Gasteiger charge is 2.13. The Morgan fingerprint density at radius 2 is 1.43 bits per heavy atom. The lowest BCUT2D eigenvalue weighted by Crippen LogP contribution is -2.25. The average Bonchev–Trinajstić information content (AvgIpc) is 2.55. The van der Waals surface area contributed by atoms with Crippen LogP contribution in [0.25, 0.3) is 11.1 Å². The van der Waals surface area contributed by atoms with Gasteiger partial charge in [-0.25, -0.2) is 4.39 Å². The molecule has 21 heavy (non-hydrogen) atoms. The van der Waals surface area contributed by atoms with Crippen molar-refractivity contribution >= 4 is 0 Å². The number of ether oxygens (including phenoxy) is 2. The van der Waals surface area contributed by atoms with E-state index < -0.39 is 0 Å². The van der Waals surface area contributed by atoms with Crippen LogP contribution < -0.4 is 0 Å². The minimum Gasteiger partial charge on any atom is -0.353 e. The van der Waals surface area contributed by atoms with Crippen LogP contribution in [0.15, 0.2) is 48.5 Å². The Kier molecular flexibility index (Phi) is 4.63. The molecule has 1 aliphatic rings. The zero-order valence-electron chi connectivity index (χ0n) is 11.9. The molecule has 2 nitrogen and oxygen atoms in total. The van der Waals surface area contributed by atoms with Gasteiger partial charge in [-0.1, -0.05) is 36.4 Å². The second-order valence-corrected chi connectivity index (χ2v) is 5.27. The maximum absolute atomic E-state index is 12.9. The summed E-state index contributed by atoms with van der Waals surface area (Å²) in [4.78, 5) is 0. The van der Waals surface area contributed by atoms with Crippen molar-refractivity contribution in [2.24, 2.45) is 0 Å². The van der Waals surface area contributed by atoms with Crippen molar-refractivity contribution < 1.29 is 13.9 Å². The van der Waals surface area contributed by atoms with E-state index >= 15 is 0 Å². The summed E-state index contributed by atoms with van der Waals surface area (Å²) in [5.74, 6) is -0.206. The summed E-state index contributed by atoms with van der Waals surface area (Å²) < 4.78 is 24.0. The van der Waals surface area contributed by atoms with Crippen LogP contribution in [0, 0.1) is 5.82 Å². The van der Waals surface area contributed by atoms with Gasteiger partial charge in [-0.05, 0) is 41.7 Å². The fraction of sp³-hybridized carbons (Fsp3) is 0.333. The van der Waals surface area contributed by atoms with Gasteiger partial charge in [0.2, 0.25) is 0 Å². The van der Waals surface area contributed by atoms with Crippen LogP contribution in [0.3, 0.4) is 0 Å². The van der Waals surface area contributed by atoms with E-state index in [2.05, 4.69) is 24.3 Å². The largest absolute Gasteiger partial charge is 0.353 e. The molecule has 110 valence electrons. The van der Waals surface area contributed by atoms with Crippen molar-refractivity contribution in [1.29, 1.82) is 0 Å². The monoisotopic (exact) mass is 286 g/mol. The Hall–Kier alpha value is -1.71. The highest BCUT2D eigenvalue weighted by Crippen LogP contribution is 2.21. The average molecular weight is 286 g/mol. The summed E-state index contributed by atoms with van der Waals surface area (Å²) in [6, 6.07) is 14.9. The first-order chi connectivity index (χ1) is 10.3. The van der Waals surface area contributed by atoms with Gasteiger partial charge < -0.3 is 9.47 Å². The zero-order valence-corrected chi connectivity index (χ0v) is 11.9. The molecule has 3 rings (SSSR count). The Balaban J connectivity index is 1.59. The number of rotatable bonds is 4. The van der Waals surface area contributed by atoms with Crippen molar-refractivity contribution in [2.75, 3.05) is 13.2 Å². The molecule has 0 unspecified atom stereocenters. The van der Waals surface area contributed by atoms with Crippen molar-refractivity contribution in [3.8, 4) is 11.1 Å². The van der Waals surface area contributed by atoms with E-state index in [4.69, 9.17) is 9.47 Å². The van der Waals surface area contributed by atoms with E-state index in [0.717, 1.165) is 43.6 Å². The predicted octanol–water partition coefficient (Wildman–Crippen LogP) is 4.19. The SMILES string of the molecule is Fc1ccc(-c2ccc(CCC3OCCCO3)cc2)cc1. The topological polar surface area (TPSA) is 18.5 Å². The Morgan fingerprint density at radius 3 is 2.05 bits per heavy atom. The number of benzene rings is 2. The Morgan fingerprint density at radius 1 is 0.857 bits per heavy atom. The fourth-order valence-electron chi connectivity index (χ4n) is 2.49. The van der Waals surface area contributed by atoms with Crippen LogP contribution in [0.4, 0.5) is 4.39 Å². The van der Waals surface area contributed by atoms with Gasteiger partial charge in [-0.15, -0.1) is 0 Å². The van der Waals surface area contributed by atoms with Gasteiger partial charge in [0.1, 0.15) is 5.82 Å². The van der Waals surface area contributed by atoms with Gasteiger partial charge in [0.05, 0.1) is 13.2 Å². The Labute approximate surface area is 124 Å². The lowest BCUT2D eigenvalue weighted by atomic mass is 10.0. The van der Waals surface area contributed by atoms with E-state index in [1.165, 1.54) is 17.7 Å². The maximum atomic E-state index is 12.9. The summed E-state index contributed by atoms with van der Waals surface area (Å²) in [5, 5.41) is 0. The Bertz CT molecular complexity index is 557. The van der Waals surface area contributed by atoms with E-state index in [1.807, 2.05) is 0 Å². The van der Waals surface area contributed by atoms with Gasteiger partial charge in [0.25, 0.3) is 0 Å². The quantitative estimate of drug-likeness (QED) is 0.839. The second-order valence-electron chi connectivity index (χ2n) is 5.27. The molecule has 2 aromatic carbocycles. The maximum Gasteiger partial charge on any atom is 0.157 e. The fourth-order valence-corrected chi connectivity index (χ4v) is 2.49. The lowest BCUT2D eigenvalue weighted by Gasteiger charge is -2.23. The number of hydrogen-bond donors (Lipinski definition) is 0. The highest BCUT2D eigenvalue weighted by molar-refractivity contribution is 5.63. The number of hydrogen-bond acceptors (Lipinski definition) is 2. The molecule has 1 aliphatic heterocycles.